The van der Waals surface area contributed by atoms with Crippen LogP contribution in [0.1, 0.15) is 25.0 Å². The summed E-state index contributed by atoms with van der Waals surface area (Å²) in [6.45, 7) is 4.70. The molecule has 0 radical (unpaired) electrons. The van der Waals surface area contributed by atoms with Crippen molar-refractivity contribution in [2.24, 2.45) is 0 Å². The van der Waals surface area contributed by atoms with Crippen LogP contribution in [0.2, 0.25) is 0 Å². The molecule has 10 aromatic rings. The molecule has 0 bridgehead atoms. The van der Waals surface area contributed by atoms with E-state index in [2.05, 4.69) is 267 Å². The third-order valence-corrected chi connectivity index (χ3v) is 18.2. The summed E-state index contributed by atoms with van der Waals surface area (Å²) in [4.78, 5) is 2.38. The molecule has 10 aromatic carbocycles. The van der Waals surface area contributed by atoms with Crippen molar-refractivity contribution >= 4 is 56.7 Å². The van der Waals surface area contributed by atoms with Gasteiger partial charge in [-0.1, -0.05) is 220 Å². The van der Waals surface area contributed by atoms with Gasteiger partial charge in [0.25, 0.3) is 0 Å². The topological polar surface area (TPSA) is 3.24 Å². The van der Waals surface area contributed by atoms with Gasteiger partial charge in [-0.2, -0.15) is 0 Å². The number of hydrogen-bond donors (Lipinski definition) is 0. The van der Waals surface area contributed by atoms with Crippen molar-refractivity contribution < 1.29 is 0 Å². The summed E-state index contributed by atoms with van der Waals surface area (Å²) in [5.41, 5.74) is 13.6. The molecule has 300 valence electrons. The predicted octanol–water partition coefficient (Wildman–Crippen LogP) is 13.3. The molecule has 0 saturated heterocycles. The van der Waals surface area contributed by atoms with Gasteiger partial charge in [0.2, 0.25) is 0 Å². The molecular formula is C61H47NSi. The Labute approximate surface area is 372 Å². The minimum absolute atomic E-state index is 0.0399. The van der Waals surface area contributed by atoms with Crippen LogP contribution < -0.4 is 25.6 Å². The summed E-state index contributed by atoms with van der Waals surface area (Å²) < 4.78 is 0. The molecule has 0 heterocycles. The van der Waals surface area contributed by atoms with E-state index in [0.717, 1.165) is 17.1 Å². The van der Waals surface area contributed by atoms with Crippen molar-refractivity contribution in [2.45, 2.75) is 19.3 Å². The second-order valence-corrected chi connectivity index (χ2v) is 21.1. The lowest BCUT2D eigenvalue weighted by Crippen LogP contribution is -2.74. The van der Waals surface area contributed by atoms with Crippen molar-refractivity contribution in [2.75, 3.05) is 4.90 Å². The molecule has 1 nitrogen and oxygen atoms in total. The zero-order chi connectivity index (χ0) is 42.4. The fourth-order valence-corrected chi connectivity index (χ4v) is 15.0. The van der Waals surface area contributed by atoms with Crippen LogP contribution in [0.25, 0.3) is 44.2 Å². The van der Waals surface area contributed by atoms with Gasteiger partial charge in [0.15, 0.2) is 8.07 Å². The van der Waals surface area contributed by atoms with E-state index in [1.165, 1.54) is 76.0 Å². The predicted molar refractivity (Wildman–Crippen MR) is 271 cm³/mol. The maximum Gasteiger partial charge on any atom is 0.179 e. The number of hydrogen-bond acceptors (Lipinski definition) is 1. The molecule has 0 aromatic heterocycles. The van der Waals surface area contributed by atoms with Crippen LogP contribution in [0.4, 0.5) is 17.1 Å². The highest BCUT2D eigenvalue weighted by atomic mass is 28.3. The molecule has 0 N–H and O–H groups in total. The van der Waals surface area contributed by atoms with E-state index < -0.39 is 8.07 Å². The lowest BCUT2D eigenvalue weighted by molar-refractivity contribution is 0.660. The Hall–Kier alpha value is -7.52. The lowest BCUT2D eigenvalue weighted by Gasteiger charge is -2.34. The SMILES string of the molecule is CC1(C)c2ccccc2-c2ccc(-c3ccc(N(c4ccc(-c5ccc([Si](c6ccccc6)(c6ccccc6)c6ccccc6)cc5)cc4)c4ccc5ccccc5c4)cc3)cc21. The number of anilines is 3. The minimum Gasteiger partial charge on any atom is -0.310 e. The van der Waals surface area contributed by atoms with Gasteiger partial charge in [-0.3, -0.25) is 0 Å². The molecule has 11 rings (SSSR count). The van der Waals surface area contributed by atoms with Crippen LogP contribution in [0.15, 0.2) is 249 Å². The van der Waals surface area contributed by atoms with Crippen LogP contribution in [0.5, 0.6) is 0 Å². The van der Waals surface area contributed by atoms with E-state index in [9.17, 15) is 0 Å². The van der Waals surface area contributed by atoms with Crippen molar-refractivity contribution in [1.82, 2.24) is 0 Å². The van der Waals surface area contributed by atoms with Gasteiger partial charge in [0, 0.05) is 22.5 Å². The van der Waals surface area contributed by atoms with Crippen LogP contribution >= 0.6 is 0 Å². The van der Waals surface area contributed by atoms with E-state index in [-0.39, 0.29) is 5.41 Å². The molecule has 0 unspecified atom stereocenters. The van der Waals surface area contributed by atoms with E-state index in [1.54, 1.807) is 0 Å². The first kappa shape index (κ1) is 38.4. The first-order chi connectivity index (χ1) is 31.0. The normalized spacial score (nSPS) is 12.7. The number of benzene rings is 10. The average molecular weight is 822 g/mol. The van der Waals surface area contributed by atoms with Crippen LogP contribution in [0.3, 0.4) is 0 Å². The van der Waals surface area contributed by atoms with E-state index in [4.69, 9.17) is 0 Å². The Bertz CT molecular complexity index is 3110. The van der Waals surface area contributed by atoms with Gasteiger partial charge in [0.05, 0.1) is 0 Å². The average Bonchev–Trinajstić information content (AvgIpc) is 3.58. The second kappa shape index (κ2) is 15.7. The fraction of sp³-hybridized carbons (Fsp3) is 0.0492. The number of nitrogens with zero attached hydrogens (tertiary/aromatic N) is 1. The molecule has 63 heavy (non-hydrogen) atoms. The Morgan fingerprint density at radius 1 is 0.302 bits per heavy atom. The van der Waals surface area contributed by atoms with Crippen LogP contribution in [0, 0.1) is 0 Å². The maximum atomic E-state index is 2.41. The maximum absolute atomic E-state index is 2.60. The van der Waals surface area contributed by atoms with Crippen molar-refractivity contribution in [3.8, 4) is 33.4 Å². The summed E-state index contributed by atoms with van der Waals surface area (Å²) >= 11 is 0. The highest BCUT2D eigenvalue weighted by Crippen LogP contribution is 2.49. The van der Waals surface area contributed by atoms with Crippen molar-refractivity contribution in [3.05, 3.63) is 260 Å². The largest absolute Gasteiger partial charge is 0.310 e. The molecule has 0 amide bonds. The Kier molecular flexibility index (Phi) is 9.60. The Balaban J connectivity index is 0.951. The molecule has 0 atom stereocenters. The summed E-state index contributed by atoms with van der Waals surface area (Å²) in [6, 6.07) is 92.2. The first-order valence-electron chi connectivity index (χ1n) is 22.0. The number of fused-ring (bicyclic) bond motifs is 4. The van der Waals surface area contributed by atoms with Gasteiger partial charge in [-0.25, -0.2) is 0 Å². The molecule has 1 aliphatic carbocycles. The summed E-state index contributed by atoms with van der Waals surface area (Å²) in [5, 5.41) is 7.95. The Morgan fingerprint density at radius 2 is 0.714 bits per heavy atom. The molecule has 1 aliphatic rings. The zero-order valence-corrected chi connectivity index (χ0v) is 36.6. The highest BCUT2D eigenvalue weighted by Gasteiger charge is 2.41. The van der Waals surface area contributed by atoms with E-state index in [1.807, 2.05) is 0 Å². The second-order valence-electron chi connectivity index (χ2n) is 17.3. The van der Waals surface area contributed by atoms with Crippen LogP contribution in [-0.4, -0.2) is 8.07 Å². The van der Waals surface area contributed by atoms with Gasteiger partial charge in [0.1, 0.15) is 0 Å². The van der Waals surface area contributed by atoms with Gasteiger partial charge in [-0.15, -0.1) is 0 Å². The van der Waals surface area contributed by atoms with Crippen LogP contribution in [-0.2, 0) is 5.41 Å². The highest BCUT2D eigenvalue weighted by molar-refractivity contribution is 7.19. The van der Waals surface area contributed by atoms with Gasteiger partial charge >= 0.3 is 0 Å². The zero-order valence-electron chi connectivity index (χ0n) is 35.6. The lowest BCUT2D eigenvalue weighted by atomic mass is 9.81. The standard InChI is InChI=1S/C61H47NSi/c1-61(2)59-25-15-14-24-57(59)58-41-33-49(43-60(58)61)47-28-36-51(37-29-47)62(52-38-30-44-16-12-13-17-48(44)42-52)50-34-26-45(27-35-50)46-31-39-56(40-32-46)63(53-18-6-3-7-19-53,54-20-8-4-9-21-54)55-22-10-5-11-23-55/h3-43H,1-2H3. The van der Waals surface area contributed by atoms with Crippen molar-refractivity contribution in [3.63, 3.8) is 0 Å². The quantitative estimate of drug-likeness (QED) is 0.104. The molecule has 0 fully saturated rings. The molecule has 2 heteroatoms. The Morgan fingerprint density at radius 3 is 1.29 bits per heavy atom. The third-order valence-electron chi connectivity index (χ3n) is 13.4. The van der Waals surface area contributed by atoms with E-state index >= 15 is 0 Å². The van der Waals surface area contributed by atoms with Crippen molar-refractivity contribution in [1.29, 1.82) is 0 Å². The van der Waals surface area contributed by atoms with Gasteiger partial charge < -0.3 is 4.90 Å². The minimum atomic E-state index is -2.60. The summed E-state index contributed by atoms with van der Waals surface area (Å²) in [5.74, 6) is 0. The fourth-order valence-electron chi connectivity index (χ4n) is 10.2. The smallest absolute Gasteiger partial charge is 0.179 e. The summed E-state index contributed by atoms with van der Waals surface area (Å²) in [7, 11) is -2.60. The molecule has 0 spiro atoms. The van der Waals surface area contributed by atoms with Gasteiger partial charge in [-0.05, 0) is 118 Å². The van der Waals surface area contributed by atoms with E-state index in [0.29, 0.717) is 0 Å². The summed E-state index contributed by atoms with van der Waals surface area (Å²) in [6.07, 6.45) is 0. The molecule has 0 saturated carbocycles. The third kappa shape index (κ3) is 6.63. The molecular weight excluding hydrogens is 775 g/mol. The molecule has 0 aliphatic heterocycles. The number of rotatable bonds is 9. The monoisotopic (exact) mass is 821 g/mol. The first-order valence-corrected chi connectivity index (χ1v) is 24.0.